The highest BCUT2D eigenvalue weighted by Crippen LogP contribution is 2.33. The van der Waals surface area contributed by atoms with Crippen molar-refractivity contribution >= 4 is 51.7 Å². The van der Waals surface area contributed by atoms with Crippen molar-refractivity contribution in [1.82, 2.24) is 14.3 Å². The number of hydrogen-bond donors (Lipinski definition) is 1. The Kier molecular flexibility index (Phi) is 7.45. The number of ether oxygens (including phenoxy) is 1. The number of anilines is 1. The number of pyridine rings is 1. The van der Waals surface area contributed by atoms with Crippen LogP contribution in [0.2, 0.25) is 0 Å². The molecule has 0 spiro atoms. The minimum absolute atomic E-state index is 0.102. The van der Waals surface area contributed by atoms with E-state index in [1.807, 2.05) is 56.3 Å². The first-order chi connectivity index (χ1) is 16.4. The second kappa shape index (κ2) is 10.5. The summed E-state index contributed by atoms with van der Waals surface area (Å²) in [4.78, 5) is 33.4. The SMILES string of the molecule is COCCCN1C(=O)/C(=C/c2c(N[C@@H](C)c3ccccc3)nc3c(C)cccn3c2=O)SC1=S. The predicted molar refractivity (Wildman–Crippen MR) is 141 cm³/mol. The molecule has 9 heteroatoms. The quantitative estimate of drug-likeness (QED) is 0.282. The van der Waals surface area contributed by atoms with Crippen molar-refractivity contribution in [1.29, 1.82) is 0 Å². The van der Waals surface area contributed by atoms with E-state index < -0.39 is 0 Å². The van der Waals surface area contributed by atoms with Gasteiger partial charge >= 0.3 is 0 Å². The molecule has 0 aliphatic carbocycles. The number of carbonyl (C=O) groups excluding carboxylic acids is 1. The summed E-state index contributed by atoms with van der Waals surface area (Å²) in [7, 11) is 1.62. The molecule has 1 saturated heterocycles. The first-order valence-corrected chi connectivity index (χ1v) is 12.2. The fourth-order valence-corrected chi connectivity index (χ4v) is 5.06. The van der Waals surface area contributed by atoms with Gasteiger partial charge in [0.25, 0.3) is 11.5 Å². The van der Waals surface area contributed by atoms with E-state index in [4.69, 9.17) is 21.9 Å². The Labute approximate surface area is 207 Å². The maximum absolute atomic E-state index is 13.5. The van der Waals surface area contributed by atoms with Crippen LogP contribution in [0.3, 0.4) is 0 Å². The second-order valence-corrected chi connectivity index (χ2v) is 9.70. The zero-order valence-electron chi connectivity index (χ0n) is 19.3. The van der Waals surface area contributed by atoms with Gasteiger partial charge in [-0.25, -0.2) is 4.98 Å². The summed E-state index contributed by atoms with van der Waals surface area (Å²) in [6, 6.07) is 13.5. The normalized spacial score (nSPS) is 16.0. The minimum atomic E-state index is -0.249. The molecule has 1 atom stereocenters. The van der Waals surface area contributed by atoms with Crippen LogP contribution in [-0.4, -0.2) is 44.8 Å². The summed E-state index contributed by atoms with van der Waals surface area (Å²) in [6.07, 6.45) is 3.98. The first-order valence-electron chi connectivity index (χ1n) is 11.0. The van der Waals surface area contributed by atoms with E-state index in [1.165, 1.54) is 16.2 Å². The predicted octanol–water partition coefficient (Wildman–Crippen LogP) is 4.41. The summed E-state index contributed by atoms with van der Waals surface area (Å²) in [5, 5.41) is 3.39. The lowest BCUT2D eigenvalue weighted by Gasteiger charge is -2.18. The van der Waals surface area contributed by atoms with E-state index in [9.17, 15) is 9.59 Å². The fourth-order valence-electron chi connectivity index (χ4n) is 3.77. The van der Waals surface area contributed by atoms with Gasteiger partial charge in [0.15, 0.2) is 0 Å². The van der Waals surface area contributed by atoms with Crippen LogP contribution in [0, 0.1) is 6.92 Å². The lowest BCUT2D eigenvalue weighted by Crippen LogP contribution is -2.29. The zero-order valence-corrected chi connectivity index (χ0v) is 20.9. The molecule has 0 unspecified atom stereocenters. The molecule has 1 aliphatic rings. The number of methoxy groups -OCH3 is 1. The Morgan fingerprint density at radius 1 is 1.21 bits per heavy atom. The summed E-state index contributed by atoms with van der Waals surface area (Å²) in [5.41, 5.74) is 2.58. The van der Waals surface area contributed by atoms with E-state index in [0.29, 0.717) is 45.8 Å². The maximum atomic E-state index is 13.5. The third-order valence-electron chi connectivity index (χ3n) is 5.62. The number of benzene rings is 1. The Hall–Kier alpha value is -3.01. The summed E-state index contributed by atoms with van der Waals surface area (Å²) < 4.78 is 7.08. The number of aromatic nitrogens is 2. The molecule has 176 valence electrons. The van der Waals surface area contributed by atoms with Crippen molar-refractivity contribution in [3.05, 3.63) is 80.6 Å². The Bertz CT molecular complexity index is 1320. The van der Waals surface area contributed by atoms with Crippen molar-refractivity contribution in [3.8, 4) is 0 Å². The van der Waals surface area contributed by atoms with Gasteiger partial charge in [-0.05, 0) is 43.5 Å². The molecule has 0 radical (unpaired) electrons. The van der Waals surface area contributed by atoms with Crippen molar-refractivity contribution < 1.29 is 9.53 Å². The van der Waals surface area contributed by atoms with Crippen LogP contribution in [0.5, 0.6) is 0 Å². The van der Waals surface area contributed by atoms with E-state index >= 15 is 0 Å². The molecule has 1 amide bonds. The van der Waals surface area contributed by atoms with Gasteiger partial charge in [0, 0.05) is 32.5 Å². The number of thioether (sulfide) groups is 1. The summed E-state index contributed by atoms with van der Waals surface area (Å²) in [5.74, 6) is 0.224. The highest BCUT2D eigenvalue weighted by Gasteiger charge is 2.32. The molecule has 0 saturated carbocycles. The first kappa shape index (κ1) is 24.1. The lowest BCUT2D eigenvalue weighted by molar-refractivity contribution is -0.122. The average molecular weight is 495 g/mol. The third kappa shape index (κ3) is 4.91. The van der Waals surface area contributed by atoms with E-state index in [-0.39, 0.29) is 17.5 Å². The van der Waals surface area contributed by atoms with Crippen LogP contribution in [0.15, 0.2) is 58.4 Å². The average Bonchev–Trinajstić information content (AvgIpc) is 3.10. The van der Waals surface area contributed by atoms with Crippen molar-refractivity contribution in [2.75, 3.05) is 25.6 Å². The van der Waals surface area contributed by atoms with Gasteiger partial charge in [0.1, 0.15) is 15.8 Å². The number of nitrogens with zero attached hydrogens (tertiary/aromatic N) is 3. The molecule has 0 bridgehead atoms. The highest BCUT2D eigenvalue weighted by atomic mass is 32.2. The zero-order chi connectivity index (χ0) is 24.2. The number of hydrogen-bond acceptors (Lipinski definition) is 7. The number of rotatable bonds is 8. The molecule has 1 fully saturated rings. The number of carbonyl (C=O) groups is 1. The Morgan fingerprint density at radius 3 is 2.71 bits per heavy atom. The largest absolute Gasteiger partial charge is 0.385 e. The van der Waals surface area contributed by atoms with Crippen LogP contribution in [-0.2, 0) is 9.53 Å². The van der Waals surface area contributed by atoms with Gasteiger partial charge in [-0.1, -0.05) is 60.4 Å². The molecule has 7 nitrogen and oxygen atoms in total. The molecular weight excluding hydrogens is 468 g/mol. The van der Waals surface area contributed by atoms with E-state index in [2.05, 4.69) is 5.32 Å². The molecule has 1 aliphatic heterocycles. The second-order valence-electron chi connectivity index (χ2n) is 8.02. The lowest BCUT2D eigenvalue weighted by atomic mass is 10.1. The molecule has 2 aromatic heterocycles. The van der Waals surface area contributed by atoms with Crippen LogP contribution in [0.1, 0.15) is 36.1 Å². The van der Waals surface area contributed by atoms with Crippen molar-refractivity contribution in [3.63, 3.8) is 0 Å². The van der Waals surface area contributed by atoms with Gasteiger partial charge in [0.2, 0.25) is 0 Å². The number of thiocarbonyl (C=S) groups is 1. The van der Waals surface area contributed by atoms with Gasteiger partial charge in [0.05, 0.1) is 10.5 Å². The van der Waals surface area contributed by atoms with Crippen LogP contribution in [0.4, 0.5) is 5.82 Å². The maximum Gasteiger partial charge on any atom is 0.267 e. The number of amides is 1. The van der Waals surface area contributed by atoms with E-state index in [1.54, 1.807) is 24.3 Å². The van der Waals surface area contributed by atoms with Crippen LogP contribution < -0.4 is 10.9 Å². The molecule has 1 N–H and O–H groups in total. The van der Waals surface area contributed by atoms with Crippen LogP contribution >= 0.6 is 24.0 Å². The van der Waals surface area contributed by atoms with Gasteiger partial charge < -0.3 is 10.1 Å². The third-order valence-corrected chi connectivity index (χ3v) is 6.99. The summed E-state index contributed by atoms with van der Waals surface area (Å²) in [6.45, 7) is 4.93. The molecule has 3 aromatic rings. The number of nitrogens with one attached hydrogen (secondary N) is 1. The fraction of sp³-hybridized carbons (Fsp3) is 0.280. The van der Waals surface area contributed by atoms with E-state index in [0.717, 1.165) is 11.1 Å². The molecule has 3 heterocycles. The topological polar surface area (TPSA) is 75.9 Å². The standard InChI is InChI=1S/C25H26N4O3S2/c1-16-9-7-12-28-22(16)27-21(26-17(2)18-10-5-4-6-11-18)19(23(28)30)15-20-24(31)29(25(33)34-20)13-8-14-32-3/h4-7,9-12,15,17,26H,8,13-14H2,1-3H3/b20-15-/t17-/m0/s1. The summed E-state index contributed by atoms with van der Waals surface area (Å²) >= 11 is 6.63. The number of fused-ring (bicyclic) bond motifs is 1. The minimum Gasteiger partial charge on any atom is -0.385 e. The monoisotopic (exact) mass is 494 g/mol. The molecular formula is C25H26N4O3S2. The molecule has 34 heavy (non-hydrogen) atoms. The van der Waals surface area contributed by atoms with Crippen molar-refractivity contribution in [2.45, 2.75) is 26.3 Å². The van der Waals surface area contributed by atoms with Gasteiger partial charge in [-0.2, -0.15) is 0 Å². The smallest absolute Gasteiger partial charge is 0.267 e. The Morgan fingerprint density at radius 2 is 1.97 bits per heavy atom. The molecule has 1 aromatic carbocycles. The Balaban J connectivity index is 1.77. The number of aryl methyl sites for hydroxylation is 1. The van der Waals surface area contributed by atoms with Gasteiger partial charge in [-0.15, -0.1) is 0 Å². The molecule has 4 rings (SSSR count). The van der Waals surface area contributed by atoms with Crippen LogP contribution in [0.25, 0.3) is 11.7 Å². The van der Waals surface area contributed by atoms with Crippen molar-refractivity contribution in [2.24, 2.45) is 0 Å². The van der Waals surface area contributed by atoms with Gasteiger partial charge in [-0.3, -0.25) is 18.9 Å². The highest BCUT2D eigenvalue weighted by molar-refractivity contribution is 8.26.